The van der Waals surface area contributed by atoms with E-state index >= 15 is 0 Å². The van der Waals surface area contributed by atoms with Gasteiger partial charge in [0.25, 0.3) is 0 Å². The van der Waals surface area contributed by atoms with Gasteiger partial charge < -0.3 is 10.2 Å². The predicted octanol–water partition coefficient (Wildman–Crippen LogP) is 2.50. The summed E-state index contributed by atoms with van der Waals surface area (Å²) in [5.74, 6) is 0. The minimum atomic E-state index is 0.291. The highest BCUT2D eigenvalue weighted by molar-refractivity contribution is 5.58. The molecule has 0 aromatic heterocycles. The molecule has 1 saturated heterocycles. The van der Waals surface area contributed by atoms with Gasteiger partial charge in [-0.25, -0.2) is 0 Å². The Morgan fingerprint density at radius 2 is 1.81 bits per heavy atom. The zero-order valence-electron chi connectivity index (χ0n) is 10.00. The molecule has 1 aromatic carbocycles. The van der Waals surface area contributed by atoms with Crippen molar-refractivity contribution in [2.75, 3.05) is 25.0 Å². The van der Waals surface area contributed by atoms with Crippen molar-refractivity contribution >= 4 is 5.69 Å². The van der Waals surface area contributed by atoms with Crippen LogP contribution in [-0.4, -0.2) is 20.1 Å². The molecule has 1 aliphatic heterocycles. The number of para-hydroxylation sites is 1. The van der Waals surface area contributed by atoms with Gasteiger partial charge in [-0.15, -0.1) is 0 Å². The lowest BCUT2D eigenvalue weighted by atomic mass is 10.0. The fourth-order valence-corrected chi connectivity index (χ4v) is 2.89. The zero-order valence-corrected chi connectivity index (χ0v) is 10.00. The van der Waals surface area contributed by atoms with E-state index in [2.05, 4.69) is 41.5 Å². The number of nitrogens with one attached hydrogen (secondary N) is 1. The molecule has 1 N–H and O–H groups in total. The minimum Gasteiger partial charge on any atom is -0.371 e. The fourth-order valence-electron chi connectivity index (χ4n) is 2.89. The summed E-state index contributed by atoms with van der Waals surface area (Å²) < 4.78 is 0. The van der Waals surface area contributed by atoms with Crippen LogP contribution in [0.1, 0.15) is 31.2 Å². The molecule has 1 aromatic rings. The molecular weight excluding hydrogens is 196 g/mol. The third kappa shape index (κ3) is 1.52. The van der Waals surface area contributed by atoms with Crippen LogP contribution in [-0.2, 0) is 5.54 Å². The number of rotatable bonds is 3. The van der Waals surface area contributed by atoms with E-state index in [1.165, 1.54) is 50.0 Å². The molecule has 0 atom stereocenters. The van der Waals surface area contributed by atoms with Gasteiger partial charge in [-0.2, -0.15) is 0 Å². The largest absolute Gasteiger partial charge is 0.371 e. The van der Waals surface area contributed by atoms with Crippen LogP contribution in [0.4, 0.5) is 5.69 Å². The third-order valence-electron chi connectivity index (χ3n) is 4.09. The van der Waals surface area contributed by atoms with Crippen LogP contribution in [0, 0.1) is 0 Å². The number of anilines is 1. The molecule has 1 heterocycles. The van der Waals surface area contributed by atoms with Gasteiger partial charge in [0, 0.05) is 24.3 Å². The van der Waals surface area contributed by atoms with E-state index < -0.39 is 0 Å². The highest BCUT2D eigenvalue weighted by Crippen LogP contribution is 2.48. The molecule has 1 saturated carbocycles. The summed E-state index contributed by atoms with van der Waals surface area (Å²) in [7, 11) is 2.09. The van der Waals surface area contributed by atoms with Crippen molar-refractivity contribution in [3.05, 3.63) is 29.8 Å². The van der Waals surface area contributed by atoms with Gasteiger partial charge in [0.1, 0.15) is 0 Å². The van der Waals surface area contributed by atoms with Crippen molar-refractivity contribution in [1.82, 2.24) is 5.32 Å². The maximum atomic E-state index is 3.51. The van der Waals surface area contributed by atoms with Crippen LogP contribution < -0.4 is 10.2 Å². The molecular formula is C14H20N2. The van der Waals surface area contributed by atoms with Gasteiger partial charge in [0.15, 0.2) is 0 Å². The maximum absolute atomic E-state index is 3.51. The first-order valence-electron chi connectivity index (χ1n) is 6.39. The first kappa shape index (κ1) is 10.2. The Labute approximate surface area is 97.6 Å². The second-order valence-electron chi connectivity index (χ2n) is 5.04. The first-order chi connectivity index (χ1) is 7.86. The Morgan fingerprint density at radius 1 is 1.12 bits per heavy atom. The highest BCUT2D eigenvalue weighted by atomic mass is 15.2. The van der Waals surface area contributed by atoms with E-state index in [9.17, 15) is 0 Å². The summed E-state index contributed by atoms with van der Waals surface area (Å²) >= 11 is 0. The Balaban J connectivity index is 1.97. The zero-order chi connectivity index (χ0) is 11.0. The summed E-state index contributed by atoms with van der Waals surface area (Å²) in [5, 5.41) is 3.51. The minimum absolute atomic E-state index is 0.291. The normalized spacial score (nSPS) is 22.4. The quantitative estimate of drug-likeness (QED) is 0.835. The van der Waals surface area contributed by atoms with Gasteiger partial charge >= 0.3 is 0 Å². The Morgan fingerprint density at radius 3 is 2.44 bits per heavy atom. The lowest BCUT2D eigenvalue weighted by molar-refractivity contribution is 0.584. The first-order valence-corrected chi connectivity index (χ1v) is 6.39. The summed E-state index contributed by atoms with van der Waals surface area (Å²) in [6.07, 6.45) is 5.27. The summed E-state index contributed by atoms with van der Waals surface area (Å²) in [6, 6.07) is 8.93. The summed E-state index contributed by atoms with van der Waals surface area (Å²) in [5.41, 5.74) is 3.27. The van der Waals surface area contributed by atoms with Crippen LogP contribution in [0.2, 0.25) is 0 Å². The van der Waals surface area contributed by atoms with Gasteiger partial charge in [-0.1, -0.05) is 18.2 Å². The van der Waals surface area contributed by atoms with Crippen molar-refractivity contribution in [3.63, 3.8) is 0 Å². The SMILES string of the molecule is CNC1(c2ccccc2N2CCCC2)CC1. The molecule has 86 valence electrons. The van der Waals surface area contributed by atoms with Crippen LogP contribution in [0.5, 0.6) is 0 Å². The topological polar surface area (TPSA) is 15.3 Å². The molecule has 2 heteroatoms. The molecule has 2 nitrogen and oxygen atoms in total. The van der Waals surface area contributed by atoms with E-state index in [0.717, 1.165) is 0 Å². The monoisotopic (exact) mass is 216 g/mol. The van der Waals surface area contributed by atoms with E-state index in [-0.39, 0.29) is 0 Å². The molecule has 0 unspecified atom stereocenters. The van der Waals surface area contributed by atoms with Crippen LogP contribution in [0.3, 0.4) is 0 Å². The van der Waals surface area contributed by atoms with Crippen molar-refractivity contribution in [2.45, 2.75) is 31.2 Å². The van der Waals surface area contributed by atoms with E-state index in [1.54, 1.807) is 0 Å². The van der Waals surface area contributed by atoms with E-state index in [1.807, 2.05) is 0 Å². The number of hydrogen-bond acceptors (Lipinski definition) is 2. The second kappa shape index (κ2) is 3.77. The Bertz CT molecular complexity index is 376. The highest BCUT2D eigenvalue weighted by Gasteiger charge is 2.44. The van der Waals surface area contributed by atoms with Gasteiger partial charge in [0.05, 0.1) is 0 Å². The average Bonchev–Trinajstić information content (AvgIpc) is 2.95. The Hall–Kier alpha value is -1.02. The molecule has 1 aliphatic carbocycles. The molecule has 0 bridgehead atoms. The average molecular weight is 216 g/mol. The lowest BCUT2D eigenvalue weighted by Crippen LogP contribution is -2.28. The van der Waals surface area contributed by atoms with Crippen molar-refractivity contribution < 1.29 is 0 Å². The third-order valence-corrected chi connectivity index (χ3v) is 4.09. The van der Waals surface area contributed by atoms with Crippen LogP contribution >= 0.6 is 0 Å². The molecule has 16 heavy (non-hydrogen) atoms. The number of hydrogen-bond donors (Lipinski definition) is 1. The van der Waals surface area contributed by atoms with Gasteiger partial charge in [-0.3, -0.25) is 0 Å². The van der Waals surface area contributed by atoms with Gasteiger partial charge in [0.2, 0.25) is 0 Å². The summed E-state index contributed by atoms with van der Waals surface area (Å²) in [6.45, 7) is 2.47. The van der Waals surface area contributed by atoms with Crippen molar-refractivity contribution in [2.24, 2.45) is 0 Å². The molecule has 3 rings (SSSR count). The molecule has 0 radical (unpaired) electrons. The van der Waals surface area contributed by atoms with E-state index in [4.69, 9.17) is 0 Å². The lowest BCUT2D eigenvalue weighted by Gasteiger charge is -2.25. The number of benzene rings is 1. The standard InChI is InChI=1S/C14H20N2/c1-15-14(8-9-14)12-6-2-3-7-13(12)16-10-4-5-11-16/h2-3,6-7,15H,4-5,8-11H2,1H3. The van der Waals surface area contributed by atoms with Crippen molar-refractivity contribution in [1.29, 1.82) is 0 Å². The molecule has 0 amide bonds. The maximum Gasteiger partial charge on any atom is 0.0454 e. The van der Waals surface area contributed by atoms with E-state index in [0.29, 0.717) is 5.54 Å². The smallest absolute Gasteiger partial charge is 0.0454 e. The fraction of sp³-hybridized carbons (Fsp3) is 0.571. The summed E-state index contributed by atoms with van der Waals surface area (Å²) in [4.78, 5) is 2.55. The van der Waals surface area contributed by atoms with Crippen LogP contribution in [0.15, 0.2) is 24.3 Å². The van der Waals surface area contributed by atoms with Crippen molar-refractivity contribution in [3.8, 4) is 0 Å². The Kier molecular flexibility index (Phi) is 2.40. The molecule has 2 fully saturated rings. The van der Waals surface area contributed by atoms with Crippen LogP contribution in [0.25, 0.3) is 0 Å². The number of nitrogens with zero attached hydrogens (tertiary/aromatic N) is 1. The molecule has 0 spiro atoms. The molecule has 2 aliphatic rings. The predicted molar refractivity (Wildman–Crippen MR) is 67.9 cm³/mol. The second-order valence-corrected chi connectivity index (χ2v) is 5.04. The van der Waals surface area contributed by atoms with Gasteiger partial charge in [-0.05, 0) is 44.4 Å².